The van der Waals surface area contributed by atoms with Gasteiger partial charge < -0.3 is 13.9 Å². The first kappa shape index (κ1) is 16.6. The fraction of sp³-hybridized carbons (Fsp3) is 0.333. The molecule has 0 saturated carbocycles. The number of hydrogen-bond donors (Lipinski definition) is 0. The molecule has 0 saturated heterocycles. The Hall–Kier alpha value is -1.78. The molecular weight excluding hydrogens is 292 g/mol. The molecule has 0 aliphatic heterocycles. The molecule has 2 rings (SSSR count). The zero-order valence-electron chi connectivity index (χ0n) is 13.5. The summed E-state index contributed by atoms with van der Waals surface area (Å²) in [5.74, 6) is 1.71. The van der Waals surface area contributed by atoms with Crippen LogP contribution in [0.5, 0.6) is 11.5 Å². The van der Waals surface area contributed by atoms with E-state index in [-0.39, 0.29) is 6.10 Å². The van der Waals surface area contributed by atoms with Crippen molar-refractivity contribution in [3.63, 3.8) is 0 Å². The van der Waals surface area contributed by atoms with Crippen molar-refractivity contribution in [2.24, 2.45) is 0 Å². The average molecular weight is 316 g/mol. The first-order valence-corrected chi connectivity index (χ1v) is 11.0. The van der Waals surface area contributed by atoms with E-state index in [4.69, 9.17) is 13.9 Å². The van der Waals surface area contributed by atoms with E-state index >= 15 is 0 Å². The summed E-state index contributed by atoms with van der Waals surface area (Å²) >= 11 is 0. The van der Waals surface area contributed by atoms with Crippen LogP contribution < -0.4 is 9.47 Å². The molecular formula is C18H24O3Si. The summed E-state index contributed by atoms with van der Waals surface area (Å²) in [6, 6.07) is 19.6. The summed E-state index contributed by atoms with van der Waals surface area (Å²) < 4.78 is 17.8. The van der Waals surface area contributed by atoms with Crippen LogP contribution in [0.2, 0.25) is 19.6 Å². The average Bonchev–Trinajstić information content (AvgIpc) is 2.51. The highest BCUT2D eigenvalue weighted by Gasteiger charge is 2.22. The van der Waals surface area contributed by atoms with Gasteiger partial charge in [0, 0.05) is 0 Å². The third kappa shape index (κ3) is 6.33. The lowest BCUT2D eigenvalue weighted by Crippen LogP contribution is -2.38. The second-order valence-electron chi connectivity index (χ2n) is 6.10. The van der Waals surface area contributed by atoms with Crippen molar-refractivity contribution >= 4 is 8.32 Å². The lowest BCUT2D eigenvalue weighted by Gasteiger charge is -2.26. The monoisotopic (exact) mass is 316 g/mol. The molecule has 2 aromatic carbocycles. The van der Waals surface area contributed by atoms with Crippen LogP contribution in [0.25, 0.3) is 0 Å². The zero-order valence-corrected chi connectivity index (χ0v) is 14.5. The number of rotatable bonds is 8. The number of ether oxygens (including phenoxy) is 2. The Morgan fingerprint density at radius 2 is 1.14 bits per heavy atom. The van der Waals surface area contributed by atoms with Gasteiger partial charge in [-0.1, -0.05) is 36.4 Å². The van der Waals surface area contributed by atoms with Gasteiger partial charge in [0.1, 0.15) is 30.8 Å². The SMILES string of the molecule is C[Si](C)(C)OC(COc1ccccc1)COc1ccccc1. The summed E-state index contributed by atoms with van der Waals surface area (Å²) in [7, 11) is -1.66. The van der Waals surface area contributed by atoms with Crippen molar-refractivity contribution in [3.05, 3.63) is 60.7 Å². The Morgan fingerprint density at radius 3 is 1.50 bits per heavy atom. The molecule has 0 atom stereocenters. The van der Waals surface area contributed by atoms with E-state index in [1.807, 2.05) is 60.7 Å². The predicted octanol–water partition coefficient (Wildman–Crippen LogP) is 4.36. The summed E-state index contributed by atoms with van der Waals surface area (Å²) in [5, 5.41) is 0. The maximum Gasteiger partial charge on any atom is 0.184 e. The summed E-state index contributed by atoms with van der Waals surface area (Å²) in [5.41, 5.74) is 0. The molecule has 0 unspecified atom stereocenters. The summed E-state index contributed by atoms with van der Waals surface area (Å²) in [6.07, 6.45) is -0.0768. The first-order valence-electron chi connectivity index (χ1n) is 7.56. The maximum absolute atomic E-state index is 6.17. The van der Waals surface area contributed by atoms with Crippen LogP contribution in [0.3, 0.4) is 0 Å². The second kappa shape index (κ2) is 8.01. The molecule has 0 heterocycles. The molecule has 0 aliphatic carbocycles. The molecule has 0 aromatic heterocycles. The van der Waals surface area contributed by atoms with E-state index in [0.717, 1.165) is 11.5 Å². The number of hydrogen-bond acceptors (Lipinski definition) is 3. The highest BCUT2D eigenvalue weighted by molar-refractivity contribution is 6.69. The van der Waals surface area contributed by atoms with Crippen LogP contribution >= 0.6 is 0 Å². The summed E-state index contributed by atoms with van der Waals surface area (Å²) in [4.78, 5) is 0. The zero-order chi connectivity index (χ0) is 15.8. The van der Waals surface area contributed by atoms with E-state index in [2.05, 4.69) is 19.6 Å². The van der Waals surface area contributed by atoms with Crippen molar-refractivity contribution in [3.8, 4) is 11.5 Å². The molecule has 0 aliphatic rings. The minimum absolute atomic E-state index is 0.0768. The molecule has 3 nitrogen and oxygen atoms in total. The van der Waals surface area contributed by atoms with Gasteiger partial charge in [0.15, 0.2) is 8.32 Å². The molecule has 0 fully saturated rings. The molecule has 2 aromatic rings. The maximum atomic E-state index is 6.17. The van der Waals surface area contributed by atoms with Crippen molar-refractivity contribution in [2.45, 2.75) is 25.7 Å². The van der Waals surface area contributed by atoms with E-state index in [9.17, 15) is 0 Å². The van der Waals surface area contributed by atoms with Crippen molar-refractivity contribution < 1.29 is 13.9 Å². The van der Waals surface area contributed by atoms with Crippen LogP contribution in [0.15, 0.2) is 60.7 Å². The smallest absolute Gasteiger partial charge is 0.184 e. The van der Waals surface area contributed by atoms with Crippen LogP contribution in [0, 0.1) is 0 Å². The molecule has 4 heteroatoms. The minimum Gasteiger partial charge on any atom is -0.491 e. The van der Waals surface area contributed by atoms with Crippen LogP contribution in [-0.2, 0) is 4.43 Å². The largest absolute Gasteiger partial charge is 0.491 e. The van der Waals surface area contributed by atoms with Gasteiger partial charge in [-0.3, -0.25) is 0 Å². The molecule has 0 amide bonds. The molecule has 22 heavy (non-hydrogen) atoms. The first-order chi connectivity index (χ1) is 10.5. The third-order valence-corrected chi connectivity index (χ3v) is 3.92. The van der Waals surface area contributed by atoms with Crippen molar-refractivity contribution in [1.82, 2.24) is 0 Å². The molecule has 0 radical (unpaired) electrons. The van der Waals surface area contributed by atoms with Gasteiger partial charge in [-0.25, -0.2) is 0 Å². The molecule has 0 spiro atoms. The standard InChI is InChI=1S/C18H24O3Si/c1-22(2,3)21-18(14-19-16-10-6-4-7-11-16)15-20-17-12-8-5-9-13-17/h4-13,18H,14-15H2,1-3H3. The quantitative estimate of drug-likeness (QED) is 0.677. The Kier molecular flexibility index (Phi) is 6.04. The fourth-order valence-electron chi connectivity index (χ4n) is 2.03. The van der Waals surface area contributed by atoms with Crippen LogP contribution in [-0.4, -0.2) is 27.6 Å². The van der Waals surface area contributed by atoms with Gasteiger partial charge in [-0.05, 0) is 43.9 Å². The topological polar surface area (TPSA) is 27.7 Å². The Bertz CT molecular complexity index is 494. The van der Waals surface area contributed by atoms with E-state index in [1.54, 1.807) is 0 Å². The minimum atomic E-state index is -1.66. The second-order valence-corrected chi connectivity index (χ2v) is 10.6. The third-order valence-electron chi connectivity index (χ3n) is 2.88. The lowest BCUT2D eigenvalue weighted by atomic mass is 10.3. The Morgan fingerprint density at radius 1 is 0.727 bits per heavy atom. The normalized spacial score (nSPS) is 11.5. The van der Waals surface area contributed by atoms with Crippen molar-refractivity contribution in [2.75, 3.05) is 13.2 Å². The Labute approximate surface area is 134 Å². The van der Waals surface area contributed by atoms with E-state index in [1.165, 1.54) is 0 Å². The predicted molar refractivity (Wildman–Crippen MR) is 92.1 cm³/mol. The van der Waals surface area contributed by atoms with Gasteiger partial charge in [-0.2, -0.15) is 0 Å². The number of benzene rings is 2. The van der Waals surface area contributed by atoms with Gasteiger partial charge in [-0.15, -0.1) is 0 Å². The highest BCUT2D eigenvalue weighted by atomic mass is 28.4. The van der Waals surface area contributed by atoms with Gasteiger partial charge in [0.2, 0.25) is 0 Å². The van der Waals surface area contributed by atoms with Gasteiger partial charge >= 0.3 is 0 Å². The number of para-hydroxylation sites is 2. The van der Waals surface area contributed by atoms with E-state index < -0.39 is 8.32 Å². The van der Waals surface area contributed by atoms with Gasteiger partial charge in [0.05, 0.1) is 0 Å². The van der Waals surface area contributed by atoms with Crippen molar-refractivity contribution in [1.29, 1.82) is 0 Å². The van der Waals surface area contributed by atoms with E-state index in [0.29, 0.717) is 13.2 Å². The lowest BCUT2D eigenvalue weighted by molar-refractivity contribution is 0.0758. The molecule has 0 N–H and O–H groups in total. The fourth-order valence-corrected chi connectivity index (χ4v) is 3.16. The highest BCUT2D eigenvalue weighted by Crippen LogP contribution is 2.14. The van der Waals surface area contributed by atoms with Crippen LogP contribution in [0.4, 0.5) is 0 Å². The van der Waals surface area contributed by atoms with Gasteiger partial charge in [0.25, 0.3) is 0 Å². The summed E-state index contributed by atoms with van der Waals surface area (Å²) in [6.45, 7) is 7.49. The molecule has 118 valence electrons. The Balaban J connectivity index is 1.90. The van der Waals surface area contributed by atoms with Crippen LogP contribution in [0.1, 0.15) is 0 Å². The molecule has 0 bridgehead atoms.